The molecule has 1 saturated heterocycles. The van der Waals surface area contributed by atoms with Gasteiger partial charge in [-0.15, -0.1) is 0 Å². The number of nitrogens with zero attached hydrogens (tertiary/aromatic N) is 1. The van der Waals surface area contributed by atoms with Gasteiger partial charge in [0.25, 0.3) is 0 Å². The zero-order valence-corrected chi connectivity index (χ0v) is 13.1. The van der Waals surface area contributed by atoms with Gasteiger partial charge >= 0.3 is 0 Å². The number of benzene rings is 1. The molecule has 3 nitrogen and oxygen atoms in total. The zero-order chi connectivity index (χ0) is 13.8. The SMILES string of the molecule is CCC1CN(Cc2cc(OC)ccc2Br)CCC1=O. The highest BCUT2D eigenvalue weighted by Crippen LogP contribution is 2.25. The molecule has 1 aromatic carbocycles. The second kappa shape index (κ2) is 6.53. The summed E-state index contributed by atoms with van der Waals surface area (Å²) in [4.78, 5) is 14.1. The number of halogens is 1. The van der Waals surface area contributed by atoms with Gasteiger partial charge in [-0.2, -0.15) is 0 Å². The third-order valence-corrected chi connectivity index (χ3v) is 4.52. The van der Waals surface area contributed by atoms with Crippen molar-refractivity contribution in [1.82, 2.24) is 4.90 Å². The van der Waals surface area contributed by atoms with Crippen LogP contribution < -0.4 is 4.74 Å². The first-order valence-electron chi connectivity index (χ1n) is 6.71. The summed E-state index contributed by atoms with van der Waals surface area (Å²) in [6.07, 6.45) is 1.62. The molecule has 1 atom stereocenters. The van der Waals surface area contributed by atoms with E-state index in [1.807, 2.05) is 12.1 Å². The molecule has 1 unspecified atom stereocenters. The van der Waals surface area contributed by atoms with Crippen LogP contribution in [-0.4, -0.2) is 30.9 Å². The molecule has 1 heterocycles. The average molecular weight is 326 g/mol. The molecule has 4 heteroatoms. The molecule has 0 radical (unpaired) electrons. The van der Waals surface area contributed by atoms with Crippen molar-refractivity contribution in [3.8, 4) is 5.75 Å². The summed E-state index contributed by atoms with van der Waals surface area (Å²) in [6.45, 7) is 4.69. The highest BCUT2D eigenvalue weighted by atomic mass is 79.9. The van der Waals surface area contributed by atoms with E-state index in [0.717, 1.165) is 36.3 Å². The number of methoxy groups -OCH3 is 1. The fourth-order valence-electron chi connectivity index (χ4n) is 2.52. The highest BCUT2D eigenvalue weighted by Gasteiger charge is 2.25. The Morgan fingerprint density at radius 2 is 2.26 bits per heavy atom. The van der Waals surface area contributed by atoms with E-state index < -0.39 is 0 Å². The van der Waals surface area contributed by atoms with E-state index in [0.29, 0.717) is 12.2 Å². The number of hydrogen-bond donors (Lipinski definition) is 0. The van der Waals surface area contributed by atoms with Crippen LogP contribution in [0.1, 0.15) is 25.3 Å². The van der Waals surface area contributed by atoms with Gasteiger partial charge in [-0.1, -0.05) is 22.9 Å². The number of carbonyl (C=O) groups is 1. The fraction of sp³-hybridized carbons (Fsp3) is 0.533. The Hall–Kier alpha value is -0.870. The smallest absolute Gasteiger partial charge is 0.138 e. The van der Waals surface area contributed by atoms with Crippen LogP contribution in [0.2, 0.25) is 0 Å². The largest absolute Gasteiger partial charge is 0.497 e. The predicted molar refractivity (Wildman–Crippen MR) is 79.4 cm³/mol. The fourth-order valence-corrected chi connectivity index (χ4v) is 2.89. The number of ketones is 1. The lowest BCUT2D eigenvalue weighted by Crippen LogP contribution is -2.40. The van der Waals surface area contributed by atoms with Crippen LogP contribution in [0.15, 0.2) is 22.7 Å². The van der Waals surface area contributed by atoms with E-state index in [1.54, 1.807) is 7.11 Å². The molecule has 0 amide bonds. The minimum Gasteiger partial charge on any atom is -0.497 e. The summed E-state index contributed by atoms with van der Waals surface area (Å²) < 4.78 is 6.36. The third kappa shape index (κ3) is 3.57. The maximum Gasteiger partial charge on any atom is 0.138 e. The lowest BCUT2D eigenvalue weighted by atomic mass is 9.94. The highest BCUT2D eigenvalue weighted by molar-refractivity contribution is 9.10. The Labute approximate surface area is 123 Å². The van der Waals surface area contributed by atoms with Crippen LogP contribution in [0.4, 0.5) is 0 Å². The molecule has 1 aliphatic heterocycles. The summed E-state index contributed by atoms with van der Waals surface area (Å²) >= 11 is 3.58. The van der Waals surface area contributed by atoms with Crippen molar-refractivity contribution in [3.63, 3.8) is 0 Å². The lowest BCUT2D eigenvalue weighted by molar-refractivity contribution is -0.126. The van der Waals surface area contributed by atoms with E-state index in [-0.39, 0.29) is 5.92 Å². The first kappa shape index (κ1) is 14.5. The Kier molecular flexibility index (Phi) is 4.99. The van der Waals surface area contributed by atoms with Crippen LogP contribution in [0.25, 0.3) is 0 Å². The normalized spacial score (nSPS) is 20.6. The number of ether oxygens (including phenoxy) is 1. The molecular weight excluding hydrogens is 306 g/mol. The molecule has 1 aromatic rings. The Morgan fingerprint density at radius 1 is 1.47 bits per heavy atom. The van der Waals surface area contributed by atoms with Crippen molar-refractivity contribution < 1.29 is 9.53 Å². The number of piperidine rings is 1. The molecule has 0 aromatic heterocycles. The van der Waals surface area contributed by atoms with Crippen LogP contribution in [0, 0.1) is 5.92 Å². The Morgan fingerprint density at radius 3 is 2.95 bits per heavy atom. The van der Waals surface area contributed by atoms with Gasteiger partial charge in [0, 0.05) is 36.4 Å². The van der Waals surface area contributed by atoms with E-state index in [4.69, 9.17) is 4.74 Å². The van der Waals surface area contributed by atoms with Gasteiger partial charge in [0.05, 0.1) is 7.11 Å². The predicted octanol–water partition coefficient (Wildman–Crippen LogP) is 3.26. The summed E-state index contributed by atoms with van der Waals surface area (Å²) in [7, 11) is 1.68. The van der Waals surface area contributed by atoms with Crippen LogP contribution >= 0.6 is 15.9 Å². The number of hydrogen-bond acceptors (Lipinski definition) is 3. The van der Waals surface area contributed by atoms with Crippen molar-refractivity contribution in [1.29, 1.82) is 0 Å². The second-order valence-corrected chi connectivity index (χ2v) is 5.87. The number of Topliss-reactive ketones (excluding diaryl/α,β-unsaturated/α-hetero) is 1. The molecule has 0 saturated carbocycles. The third-order valence-electron chi connectivity index (χ3n) is 3.75. The number of rotatable bonds is 4. The first-order chi connectivity index (χ1) is 9.13. The van der Waals surface area contributed by atoms with Gasteiger partial charge in [0.1, 0.15) is 11.5 Å². The molecule has 104 valence electrons. The lowest BCUT2D eigenvalue weighted by Gasteiger charge is -2.31. The van der Waals surface area contributed by atoms with Gasteiger partial charge in [-0.3, -0.25) is 9.69 Å². The summed E-state index contributed by atoms with van der Waals surface area (Å²) in [5.74, 6) is 1.50. The molecule has 19 heavy (non-hydrogen) atoms. The molecular formula is C15H20BrNO2. The summed E-state index contributed by atoms with van der Waals surface area (Å²) in [5, 5.41) is 0. The van der Waals surface area contributed by atoms with Crippen molar-refractivity contribution in [2.45, 2.75) is 26.3 Å². The number of carbonyl (C=O) groups excluding carboxylic acids is 1. The van der Waals surface area contributed by atoms with Crippen LogP contribution in [0.3, 0.4) is 0 Å². The maximum absolute atomic E-state index is 11.7. The maximum atomic E-state index is 11.7. The van der Waals surface area contributed by atoms with Crippen molar-refractivity contribution in [2.75, 3.05) is 20.2 Å². The quantitative estimate of drug-likeness (QED) is 0.851. The zero-order valence-electron chi connectivity index (χ0n) is 11.5. The molecule has 1 aliphatic rings. The Bertz CT molecular complexity index is 461. The minimum atomic E-state index is 0.207. The molecule has 1 fully saturated rings. The van der Waals surface area contributed by atoms with Gasteiger partial charge in [0.2, 0.25) is 0 Å². The van der Waals surface area contributed by atoms with E-state index in [2.05, 4.69) is 33.8 Å². The average Bonchev–Trinajstić information content (AvgIpc) is 2.43. The van der Waals surface area contributed by atoms with E-state index in [1.165, 1.54) is 5.56 Å². The van der Waals surface area contributed by atoms with Gasteiger partial charge in [-0.05, 0) is 30.2 Å². The van der Waals surface area contributed by atoms with Crippen LogP contribution in [-0.2, 0) is 11.3 Å². The van der Waals surface area contributed by atoms with Crippen molar-refractivity contribution in [3.05, 3.63) is 28.2 Å². The second-order valence-electron chi connectivity index (χ2n) is 5.01. The topological polar surface area (TPSA) is 29.5 Å². The summed E-state index contributed by atoms with van der Waals surface area (Å²) in [6, 6.07) is 6.02. The molecule has 0 N–H and O–H groups in total. The van der Waals surface area contributed by atoms with Gasteiger partial charge < -0.3 is 4.74 Å². The van der Waals surface area contributed by atoms with Crippen molar-refractivity contribution in [2.24, 2.45) is 5.92 Å². The minimum absolute atomic E-state index is 0.207. The summed E-state index contributed by atoms with van der Waals surface area (Å²) in [5.41, 5.74) is 1.21. The van der Waals surface area contributed by atoms with E-state index >= 15 is 0 Å². The van der Waals surface area contributed by atoms with E-state index in [9.17, 15) is 4.79 Å². The number of likely N-dealkylation sites (tertiary alicyclic amines) is 1. The molecule has 2 rings (SSSR count). The molecule has 0 spiro atoms. The van der Waals surface area contributed by atoms with Crippen LogP contribution in [0.5, 0.6) is 5.75 Å². The molecule has 0 bridgehead atoms. The molecule has 0 aliphatic carbocycles. The van der Waals surface area contributed by atoms with Crippen molar-refractivity contribution >= 4 is 21.7 Å². The van der Waals surface area contributed by atoms with Gasteiger partial charge in [0.15, 0.2) is 0 Å². The monoisotopic (exact) mass is 325 g/mol. The van der Waals surface area contributed by atoms with Gasteiger partial charge in [-0.25, -0.2) is 0 Å². The first-order valence-corrected chi connectivity index (χ1v) is 7.50. The standard InChI is InChI=1S/C15H20BrNO2/c1-3-11-9-17(7-6-15(11)18)10-12-8-13(19-2)4-5-14(12)16/h4-5,8,11H,3,6-7,9-10H2,1-2H3. The Balaban J connectivity index is 2.06.